The fraction of sp³-hybridized carbons (Fsp3) is 0.286. The molecule has 2 N–H and O–H groups in total. The van der Waals surface area contributed by atoms with Crippen LogP contribution in [0.1, 0.15) is 34.9 Å². The smallest absolute Gasteiger partial charge is 0.243 e. The number of hydrogen-bond donors (Lipinski definition) is 2. The van der Waals surface area contributed by atoms with Crippen LogP contribution in [-0.4, -0.2) is 53.0 Å². The highest BCUT2D eigenvalue weighted by molar-refractivity contribution is 7.89. The van der Waals surface area contributed by atoms with Crippen molar-refractivity contribution >= 4 is 15.7 Å². The summed E-state index contributed by atoms with van der Waals surface area (Å²) in [5, 5.41) is 14.7. The number of anilines is 1. The first-order valence-electron chi connectivity index (χ1n) is 12.7. The molecule has 8 rings (SSSR count). The molecule has 0 saturated carbocycles. The van der Waals surface area contributed by atoms with Crippen molar-refractivity contribution in [3.63, 3.8) is 0 Å². The van der Waals surface area contributed by atoms with Gasteiger partial charge < -0.3 is 19.7 Å². The Kier molecular flexibility index (Phi) is 5.59. The molecule has 3 fully saturated rings. The van der Waals surface area contributed by atoms with E-state index in [0.29, 0.717) is 29.2 Å². The predicted octanol–water partition coefficient (Wildman–Crippen LogP) is 3.07. The summed E-state index contributed by atoms with van der Waals surface area (Å²) >= 11 is 0. The monoisotopic (exact) mass is 529 g/mol. The number of nitrogens with one attached hydrogen (secondary N) is 1. The molecule has 0 radical (unpaired) electrons. The van der Waals surface area contributed by atoms with Crippen molar-refractivity contribution in [2.45, 2.75) is 42.6 Å². The van der Waals surface area contributed by atoms with Crippen LogP contribution >= 0.6 is 0 Å². The molecule has 0 aliphatic carbocycles. The summed E-state index contributed by atoms with van der Waals surface area (Å²) in [5.41, 5.74) is 4.79. The third kappa shape index (κ3) is 4.10. The van der Waals surface area contributed by atoms with Gasteiger partial charge in [-0.15, -0.1) is 0 Å². The molecule has 4 aliphatic heterocycles. The largest absolute Gasteiger partial charge is 0.445 e. The second-order valence-electron chi connectivity index (χ2n) is 10.2. The van der Waals surface area contributed by atoms with Crippen molar-refractivity contribution in [3.05, 3.63) is 95.6 Å². The molecule has 2 bridgehead atoms. The molecule has 3 unspecified atom stereocenters. The first-order valence-corrected chi connectivity index (χ1v) is 14.1. The zero-order chi connectivity index (χ0) is 25.9. The van der Waals surface area contributed by atoms with Gasteiger partial charge in [-0.2, -0.15) is 4.31 Å². The minimum Gasteiger partial charge on any atom is -0.445 e. The topological polar surface area (TPSA) is 112 Å². The number of aliphatic hydroxyl groups excluding tert-OH is 1. The molecule has 10 heteroatoms. The van der Waals surface area contributed by atoms with Crippen molar-refractivity contribution in [2.24, 2.45) is 0 Å². The van der Waals surface area contributed by atoms with Gasteiger partial charge in [0.05, 0.1) is 16.8 Å². The van der Waals surface area contributed by atoms with Crippen molar-refractivity contribution in [1.29, 1.82) is 0 Å². The van der Waals surface area contributed by atoms with Crippen LogP contribution in [0, 0.1) is 0 Å². The SMILES string of the molecule is O=S(=O)(c1ccc(-c2ncco2)cc1)N1Cc2cnc(C(O)c3cccc(N4CC5CC(C4)N5)c3)cc2C1. The van der Waals surface area contributed by atoms with Gasteiger partial charge in [-0.25, -0.2) is 13.4 Å². The van der Waals surface area contributed by atoms with Gasteiger partial charge >= 0.3 is 0 Å². The molecule has 194 valence electrons. The van der Waals surface area contributed by atoms with Crippen molar-refractivity contribution < 1.29 is 17.9 Å². The Bertz CT molecular complexity index is 1570. The van der Waals surface area contributed by atoms with Crippen molar-refractivity contribution in [3.8, 4) is 11.5 Å². The Morgan fingerprint density at radius 1 is 1.00 bits per heavy atom. The van der Waals surface area contributed by atoms with Crippen LogP contribution in [0.5, 0.6) is 0 Å². The fourth-order valence-electron chi connectivity index (χ4n) is 5.66. The third-order valence-electron chi connectivity index (χ3n) is 7.72. The molecule has 9 nitrogen and oxygen atoms in total. The van der Waals surface area contributed by atoms with Gasteiger partial charge in [0.1, 0.15) is 12.4 Å². The first kappa shape index (κ1) is 23.5. The normalized spacial score (nSPS) is 21.7. The number of oxazole rings is 1. The lowest BCUT2D eigenvalue weighted by molar-refractivity contribution is 0.214. The second kappa shape index (κ2) is 9.02. The lowest BCUT2D eigenvalue weighted by Crippen LogP contribution is -2.67. The van der Waals surface area contributed by atoms with Crippen LogP contribution in [0.15, 0.2) is 82.6 Å². The van der Waals surface area contributed by atoms with E-state index in [2.05, 4.69) is 26.3 Å². The molecule has 4 aromatic rings. The minimum absolute atomic E-state index is 0.205. The molecule has 0 amide bonds. The highest BCUT2D eigenvalue weighted by Gasteiger charge is 2.36. The Hall–Kier alpha value is -3.57. The number of piperidine rings is 1. The molecule has 0 spiro atoms. The minimum atomic E-state index is -3.71. The van der Waals surface area contributed by atoms with E-state index in [-0.39, 0.29) is 18.0 Å². The van der Waals surface area contributed by atoms with Crippen LogP contribution in [0.4, 0.5) is 5.69 Å². The lowest BCUT2D eigenvalue weighted by Gasteiger charge is -2.49. The van der Waals surface area contributed by atoms with Crippen LogP contribution < -0.4 is 10.2 Å². The van der Waals surface area contributed by atoms with E-state index >= 15 is 0 Å². The number of aliphatic hydroxyl groups is 1. The van der Waals surface area contributed by atoms with E-state index in [1.165, 1.54) is 17.0 Å². The number of nitrogens with zero attached hydrogens (tertiary/aromatic N) is 4. The Balaban J connectivity index is 1.08. The number of rotatable bonds is 6. The molecule has 3 saturated heterocycles. The highest BCUT2D eigenvalue weighted by atomic mass is 32.2. The molecular formula is C28H27N5O4S. The number of hydrogen-bond acceptors (Lipinski definition) is 8. The summed E-state index contributed by atoms with van der Waals surface area (Å²) in [5.74, 6) is 0.440. The van der Waals surface area contributed by atoms with E-state index in [1.807, 2.05) is 24.3 Å². The first-order chi connectivity index (χ1) is 18.4. The fourth-order valence-corrected chi connectivity index (χ4v) is 7.06. The van der Waals surface area contributed by atoms with Gasteiger partial charge in [-0.3, -0.25) is 4.98 Å². The summed E-state index contributed by atoms with van der Waals surface area (Å²) in [6.45, 7) is 2.41. The van der Waals surface area contributed by atoms with Crippen molar-refractivity contribution in [1.82, 2.24) is 19.6 Å². The Morgan fingerprint density at radius 3 is 2.50 bits per heavy atom. The van der Waals surface area contributed by atoms with Gasteiger partial charge in [0.2, 0.25) is 15.9 Å². The molecule has 2 aromatic carbocycles. The van der Waals surface area contributed by atoms with E-state index in [0.717, 1.165) is 35.5 Å². The quantitative estimate of drug-likeness (QED) is 0.392. The van der Waals surface area contributed by atoms with E-state index < -0.39 is 16.1 Å². The molecule has 38 heavy (non-hydrogen) atoms. The predicted molar refractivity (Wildman–Crippen MR) is 141 cm³/mol. The second-order valence-corrected chi connectivity index (χ2v) is 12.1. The molecule has 6 heterocycles. The van der Waals surface area contributed by atoms with Crippen LogP contribution in [0.3, 0.4) is 0 Å². The molecule has 2 aromatic heterocycles. The zero-order valence-corrected chi connectivity index (χ0v) is 21.4. The van der Waals surface area contributed by atoms with Crippen LogP contribution in [0.25, 0.3) is 11.5 Å². The summed E-state index contributed by atoms with van der Waals surface area (Å²) in [6, 6.07) is 17.4. The van der Waals surface area contributed by atoms with Gasteiger partial charge in [0.25, 0.3) is 0 Å². The third-order valence-corrected chi connectivity index (χ3v) is 9.53. The molecular weight excluding hydrogens is 502 g/mol. The maximum atomic E-state index is 13.4. The average Bonchev–Trinajstić information content (AvgIpc) is 3.63. The lowest BCUT2D eigenvalue weighted by atomic mass is 9.91. The van der Waals surface area contributed by atoms with Crippen LogP contribution in [-0.2, 0) is 23.1 Å². The number of piperazine rings is 1. The van der Waals surface area contributed by atoms with E-state index in [1.54, 1.807) is 36.7 Å². The van der Waals surface area contributed by atoms with Gasteiger partial charge in [0, 0.05) is 55.7 Å². The maximum Gasteiger partial charge on any atom is 0.243 e. The number of sulfonamides is 1. The number of fused-ring (bicyclic) bond motifs is 3. The van der Waals surface area contributed by atoms with Crippen molar-refractivity contribution in [2.75, 3.05) is 18.0 Å². The molecule has 4 aliphatic rings. The molecule has 3 atom stereocenters. The van der Waals surface area contributed by atoms with E-state index in [9.17, 15) is 13.5 Å². The Labute approximate surface area is 220 Å². The summed E-state index contributed by atoms with van der Waals surface area (Å²) in [4.78, 5) is 11.2. The number of aromatic nitrogens is 2. The Morgan fingerprint density at radius 2 is 1.76 bits per heavy atom. The standard InChI is InChI=1S/C28H27N5O4S/c34-27(19-2-1-3-24(10-19)32-16-22-12-23(17-32)31-22)26-11-20-14-33(15-21(20)13-30-26)38(35,36)25-6-4-18(5-7-25)28-29-8-9-37-28/h1-11,13,22-23,27,31,34H,12,14-17H2. The van der Waals surface area contributed by atoms with Gasteiger partial charge in [-0.05, 0) is 65.6 Å². The van der Waals surface area contributed by atoms with Gasteiger partial charge in [-0.1, -0.05) is 12.1 Å². The number of pyridine rings is 1. The zero-order valence-electron chi connectivity index (χ0n) is 20.6. The van der Waals surface area contributed by atoms with Gasteiger partial charge in [0.15, 0.2) is 0 Å². The summed E-state index contributed by atoms with van der Waals surface area (Å²) in [6.07, 6.45) is 5.05. The summed E-state index contributed by atoms with van der Waals surface area (Å²) < 4.78 is 33.5. The van der Waals surface area contributed by atoms with E-state index in [4.69, 9.17) is 4.42 Å². The highest BCUT2D eigenvalue weighted by Crippen LogP contribution is 2.33. The average molecular weight is 530 g/mol. The summed E-state index contributed by atoms with van der Waals surface area (Å²) in [7, 11) is -3.71. The number of benzene rings is 2. The van der Waals surface area contributed by atoms with Crippen LogP contribution in [0.2, 0.25) is 0 Å². The maximum absolute atomic E-state index is 13.4.